The number of hydrogen-bond donors (Lipinski definition) is 2. The number of carbonyl (C=O) groups is 1. The van der Waals surface area contributed by atoms with E-state index in [2.05, 4.69) is 20.2 Å². The average molecular weight is 501 g/mol. The Morgan fingerprint density at radius 2 is 1.78 bits per heavy atom. The maximum atomic E-state index is 13.1. The molecule has 9 heteroatoms. The number of halogens is 3. The maximum Gasteiger partial charge on any atom is 0.417 e. The number of aromatic nitrogens is 2. The normalized spacial score (nSPS) is 32.1. The molecule has 0 spiro atoms. The van der Waals surface area contributed by atoms with Gasteiger partial charge in [-0.3, -0.25) is 9.78 Å². The predicted octanol–water partition coefficient (Wildman–Crippen LogP) is 4.55. The minimum Gasteiger partial charge on any atom is -0.390 e. The third kappa shape index (κ3) is 4.46. The van der Waals surface area contributed by atoms with E-state index >= 15 is 0 Å². The lowest BCUT2D eigenvalue weighted by Gasteiger charge is -2.58. The van der Waals surface area contributed by atoms with Crippen LogP contribution in [0.25, 0.3) is 0 Å². The molecule has 1 saturated heterocycles. The molecule has 5 aliphatic rings. The Morgan fingerprint density at radius 3 is 2.39 bits per heavy atom. The van der Waals surface area contributed by atoms with Crippen molar-refractivity contribution >= 4 is 11.7 Å². The van der Waals surface area contributed by atoms with E-state index in [0.29, 0.717) is 42.2 Å². The molecule has 2 atom stereocenters. The molecule has 6 nitrogen and oxygen atoms in total. The molecule has 2 aromatic heterocycles. The Labute approximate surface area is 208 Å². The number of aliphatic hydroxyl groups is 1. The molecule has 192 valence electrons. The molecule has 0 aromatic carbocycles. The Balaban J connectivity index is 1.08. The van der Waals surface area contributed by atoms with Crippen LogP contribution in [0.5, 0.6) is 0 Å². The summed E-state index contributed by atoms with van der Waals surface area (Å²) in [5, 5.41) is 14.1. The molecule has 4 bridgehead atoms. The number of alkyl halides is 3. The van der Waals surface area contributed by atoms with Crippen LogP contribution >= 0.6 is 0 Å². The van der Waals surface area contributed by atoms with Gasteiger partial charge in [0, 0.05) is 36.9 Å². The van der Waals surface area contributed by atoms with Gasteiger partial charge in [-0.2, -0.15) is 13.2 Å². The van der Waals surface area contributed by atoms with Gasteiger partial charge in [-0.1, -0.05) is 6.07 Å². The largest absolute Gasteiger partial charge is 0.417 e. The highest BCUT2D eigenvalue weighted by Gasteiger charge is 2.55. The number of carbonyl (C=O) groups excluding carboxylic acids is 1. The van der Waals surface area contributed by atoms with Gasteiger partial charge >= 0.3 is 6.18 Å². The first kappa shape index (κ1) is 23.7. The summed E-state index contributed by atoms with van der Waals surface area (Å²) in [4.78, 5) is 24.0. The summed E-state index contributed by atoms with van der Waals surface area (Å²) in [5.74, 6) is 1.94. The topological polar surface area (TPSA) is 78.4 Å². The summed E-state index contributed by atoms with van der Waals surface area (Å²) in [6.45, 7) is 1.39. The van der Waals surface area contributed by atoms with Crippen molar-refractivity contribution in [3.63, 3.8) is 0 Å². The highest BCUT2D eigenvalue weighted by Crippen LogP contribution is 2.55. The van der Waals surface area contributed by atoms with E-state index in [1.165, 1.54) is 6.07 Å². The Bertz CT molecular complexity index is 1110. The van der Waals surface area contributed by atoms with E-state index in [1.54, 1.807) is 6.07 Å². The van der Waals surface area contributed by atoms with Gasteiger partial charge in [-0.25, -0.2) is 4.98 Å². The van der Waals surface area contributed by atoms with Crippen LogP contribution in [-0.2, 0) is 6.18 Å². The number of rotatable bonds is 4. The summed E-state index contributed by atoms with van der Waals surface area (Å²) in [5.41, 5.74) is -0.180. The average Bonchev–Trinajstić information content (AvgIpc) is 2.85. The Hall–Kier alpha value is -2.68. The monoisotopic (exact) mass is 500 g/mol. The van der Waals surface area contributed by atoms with Crippen molar-refractivity contribution in [3.05, 3.63) is 53.5 Å². The molecule has 5 fully saturated rings. The van der Waals surface area contributed by atoms with Crippen LogP contribution in [0.1, 0.15) is 72.6 Å². The first-order valence-corrected chi connectivity index (χ1v) is 13.0. The zero-order valence-corrected chi connectivity index (χ0v) is 20.0. The van der Waals surface area contributed by atoms with E-state index in [1.807, 2.05) is 12.1 Å². The molecular formula is C27H31F3N4O2. The SMILES string of the molecule is O=C(N[C@H]1C2CC3CC1C[C@](O)(C3)C2)c1cccc(N2CCC(c3ccc(C(F)(F)F)cn3)CC2)n1. The van der Waals surface area contributed by atoms with Gasteiger partial charge in [0.1, 0.15) is 11.5 Å². The number of piperidine rings is 1. The van der Waals surface area contributed by atoms with Gasteiger partial charge in [-0.15, -0.1) is 0 Å². The van der Waals surface area contributed by atoms with Crippen LogP contribution in [-0.4, -0.2) is 45.7 Å². The van der Waals surface area contributed by atoms with Crippen LogP contribution in [0.3, 0.4) is 0 Å². The Morgan fingerprint density at radius 1 is 1.06 bits per heavy atom. The van der Waals surface area contributed by atoms with Crippen LogP contribution in [0.4, 0.5) is 19.0 Å². The summed E-state index contributed by atoms with van der Waals surface area (Å²) >= 11 is 0. The van der Waals surface area contributed by atoms with Gasteiger partial charge < -0.3 is 15.3 Å². The predicted molar refractivity (Wildman–Crippen MR) is 127 cm³/mol. The third-order valence-corrected chi connectivity index (χ3v) is 8.86. The smallest absolute Gasteiger partial charge is 0.390 e. The van der Waals surface area contributed by atoms with Crippen molar-refractivity contribution in [2.45, 2.75) is 68.7 Å². The standard InChI is InChI=1S/C27H31F3N4O2/c28-27(29,30)20-4-5-21(31-15-20)17-6-8-34(9-7-17)23-3-1-2-22(32-23)25(35)33-24-18-10-16-11-19(24)14-26(36,12-16)13-18/h1-5,15-19,24,36H,6-14H2,(H,33,35)/t16?,18?,19?,24-,26-. The molecule has 36 heavy (non-hydrogen) atoms. The second kappa shape index (κ2) is 8.71. The number of pyridine rings is 2. The van der Waals surface area contributed by atoms with Gasteiger partial charge in [0.2, 0.25) is 0 Å². The van der Waals surface area contributed by atoms with Gasteiger partial charge in [0.25, 0.3) is 5.91 Å². The Kier molecular flexibility index (Phi) is 5.74. The van der Waals surface area contributed by atoms with Crippen molar-refractivity contribution < 1.29 is 23.1 Å². The minimum atomic E-state index is -4.38. The highest BCUT2D eigenvalue weighted by atomic mass is 19.4. The third-order valence-electron chi connectivity index (χ3n) is 8.86. The van der Waals surface area contributed by atoms with Crippen LogP contribution < -0.4 is 10.2 Å². The molecule has 0 radical (unpaired) electrons. The first-order valence-electron chi connectivity index (χ1n) is 13.0. The molecule has 1 amide bonds. The van der Waals surface area contributed by atoms with Crippen molar-refractivity contribution in [2.75, 3.05) is 18.0 Å². The fourth-order valence-corrected chi connectivity index (χ4v) is 7.39. The number of nitrogens with one attached hydrogen (secondary N) is 1. The van der Waals surface area contributed by atoms with E-state index in [4.69, 9.17) is 0 Å². The minimum absolute atomic E-state index is 0.0988. The zero-order chi connectivity index (χ0) is 25.1. The molecule has 4 saturated carbocycles. The molecule has 2 N–H and O–H groups in total. The summed E-state index contributed by atoms with van der Waals surface area (Å²) < 4.78 is 38.5. The van der Waals surface area contributed by atoms with Crippen molar-refractivity contribution in [2.24, 2.45) is 17.8 Å². The quantitative estimate of drug-likeness (QED) is 0.644. The lowest BCUT2D eigenvalue weighted by molar-refractivity contribution is -0.138. The van der Waals surface area contributed by atoms with Crippen molar-refractivity contribution in [3.8, 4) is 0 Å². The fraction of sp³-hybridized carbons (Fsp3) is 0.593. The molecule has 4 aliphatic carbocycles. The zero-order valence-electron chi connectivity index (χ0n) is 20.0. The van der Waals surface area contributed by atoms with E-state index in [9.17, 15) is 23.1 Å². The number of amides is 1. The van der Waals surface area contributed by atoms with E-state index in [0.717, 1.165) is 63.0 Å². The van der Waals surface area contributed by atoms with Crippen molar-refractivity contribution in [1.82, 2.24) is 15.3 Å². The van der Waals surface area contributed by atoms with Crippen molar-refractivity contribution in [1.29, 1.82) is 0 Å². The molecule has 3 heterocycles. The molecular weight excluding hydrogens is 469 g/mol. The molecule has 1 aliphatic heterocycles. The van der Waals surface area contributed by atoms with Crippen LogP contribution in [0.15, 0.2) is 36.5 Å². The van der Waals surface area contributed by atoms with E-state index in [-0.39, 0.29) is 17.9 Å². The summed E-state index contributed by atoms with van der Waals surface area (Å²) in [6.07, 6.45) is 2.68. The second-order valence-electron chi connectivity index (χ2n) is 11.3. The molecule has 2 unspecified atom stereocenters. The van der Waals surface area contributed by atoms with Gasteiger partial charge in [-0.05, 0) is 87.0 Å². The maximum absolute atomic E-state index is 13.1. The fourth-order valence-electron chi connectivity index (χ4n) is 7.39. The lowest BCUT2D eigenvalue weighted by atomic mass is 9.52. The van der Waals surface area contributed by atoms with Gasteiger partial charge in [0.15, 0.2) is 0 Å². The van der Waals surface area contributed by atoms with E-state index < -0.39 is 17.3 Å². The number of nitrogens with zero attached hydrogens (tertiary/aromatic N) is 3. The van der Waals surface area contributed by atoms with Crippen LogP contribution in [0, 0.1) is 17.8 Å². The number of hydrogen-bond acceptors (Lipinski definition) is 5. The number of anilines is 1. The second-order valence-corrected chi connectivity index (χ2v) is 11.3. The van der Waals surface area contributed by atoms with Gasteiger partial charge in [0.05, 0.1) is 11.2 Å². The summed E-state index contributed by atoms with van der Waals surface area (Å²) in [6, 6.07) is 8.16. The molecule has 2 aromatic rings. The van der Waals surface area contributed by atoms with Crippen LogP contribution in [0.2, 0.25) is 0 Å². The highest BCUT2D eigenvalue weighted by molar-refractivity contribution is 5.93. The lowest BCUT2D eigenvalue weighted by Crippen LogP contribution is -2.61. The summed E-state index contributed by atoms with van der Waals surface area (Å²) in [7, 11) is 0. The first-order chi connectivity index (χ1) is 17.2. The molecule has 7 rings (SSSR count).